The molecule has 14 heavy (non-hydrogen) atoms. The highest BCUT2D eigenvalue weighted by Crippen LogP contribution is 2.18. The Bertz CT molecular complexity index is 341. The first-order valence-electron chi connectivity index (χ1n) is 4.05. The van der Waals surface area contributed by atoms with E-state index in [9.17, 15) is 9.18 Å². The molecule has 0 spiro atoms. The molecular weight excluding hydrogens is 189 g/mol. The zero-order valence-electron chi connectivity index (χ0n) is 7.91. The highest BCUT2D eigenvalue weighted by Gasteiger charge is 2.14. The molecule has 0 amide bonds. The quantitative estimate of drug-likeness (QED) is 0.545. The van der Waals surface area contributed by atoms with Crippen molar-refractivity contribution in [2.75, 3.05) is 13.7 Å². The second-order valence-corrected chi connectivity index (χ2v) is 2.43. The molecule has 0 aromatic carbocycles. The van der Waals surface area contributed by atoms with Gasteiger partial charge in [-0.05, 0) is 6.92 Å². The van der Waals surface area contributed by atoms with Crippen LogP contribution in [0.4, 0.5) is 4.39 Å². The first-order chi connectivity index (χ1) is 6.69. The van der Waals surface area contributed by atoms with Crippen molar-refractivity contribution >= 4 is 5.97 Å². The van der Waals surface area contributed by atoms with Crippen LogP contribution in [0.2, 0.25) is 0 Å². The van der Waals surface area contributed by atoms with Crippen LogP contribution in [0.25, 0.3) is 0 Å². The van der Waals surface area contributed by atoms with Crippen molar-refractivity contribution in [1.82, 2.24) is 4.98 Å². The number of hydrogen-bond donors (Lipinski definition) is 0. The standard InChI is InChI=1S/C9H10FNO3/c1-3-14-9(12)6-4-8(10)11-5-7(6)13-2/h4-5H,3H2,1-2H3. The number of pyridine rings is 1. The van der Waals surface area contributed by atoms with Gasteiger partial charge in [-0.15, -0.1) is 0 Å². The van der Waals surface area contributed by atoms with E-state index in [4.69, 9.17) is 9.47 Å². The van der Waals surface area contributed by atoms with E-state index in [1.54, 1.807) is 6.92 Å². The molecule has 0 atom stereocenters. The van der Waals surface area contributed by atoms with Gasteiger partial charge in [0.25, 0.3) is 0 Å². The summed E-state index contributed by atoms with van der Waals surface area (Å²) in [6.07, 6.45) is 1.14. The predicted octanol–water partition coefficient (Wildman–Crippen LogP) is 1.41. The van der Waals surface area contributed by atoms with E-state index in [0.717, 1.165) is 12.3 Å². The molecule has 0 radical (unpaired) electrons. The van der Waals surface area contributed by atoms with E-state index in [1.165, 1.54) is 7.11 Å². The Morgan fingerprint density at radius 2 is 2.36 bits per heavy atom. The fraction of sp³-hybridized carbons (Fsp3) is 0.333. The Hall–Kier alpha value is -1.65. The second-order valence-electron chi connectivity index (χ2n) is 2.43. The van der Waals surface area contributed by atoms with Gasteiger partial charge in [0.2, 0.25) is 5.95 Å². The molecule has 1 aromatic heterocycles. The number of esters is 1. The van der Waals surface area contributed by atoms with Crippen LogP contribution in [0.1, 0.15) is 17.3 Å². The lowest BCUT2D eigenvalue weighted by atomic mass is 10.2. The number of carbonyl (C=O) groups excluding carboxylic acids is 1. The number of carbonyl (C=O) groups is 1. The van der Waals surface area contributed by atoms with E-state index in [0.29, 0.717) is 0 Å². The SMILES string of the molecule is CCOC(=O)c1cc(F)ncc1OC. The minimum atomic E-state index is -0.742. The van der Waals surface area contributed by atoms with Crippen LogP contribution in [-0.2, 0) is 4.74 Å². The van der Waals surface area contributed by atoms with Crippen molar-refractivity contribution in [3.63, 3.8) is 0 Å². The number of ether oxygens (including phenoxy) is 2. The van der Waals surface area contributed by atoms with Crippen LogP contribution in [0.3, 0.4) is 0 Å². The number of aromatic nitrogens is 1. The van der Waals surface area contributed by atoms with Crippen molar-refractivity contribution < 1.29 is 18.7 Å². The summed E-state index contributed by atoms with van der Waals surface area (Å²) in [4.78, 5) is 14.6. The molecule has 0 unspecified atom stereocenters. The number of rotatable bonds is 3. The zero-order valence-corrected chi connectivity index (χ0v) is 7.91. The van der Waals surface area contributed by atoms with E-state index >= 15 is 0 Å². The van der Waals surface area contributed by atoms with Crippen LogP contribution in [0.5, 0.6) is 5.75 Å². The molecule has 1 heterocycles. The van der Waals surface area contributed by atoms with E-state index in [1.807, 2.05) is 0 Å². The largest absolute Gasteiger partial charge is 0.494 e. The average molecular weight is 199 g/mol. The number of methoxy groups -OCH3 is 1. The molecule has 1 rings (SSSR count). The number of hydrogen-bond acceptors (Lipinski definition) is 4. The number of halogens is 1. The van der Waals surface area contributed by atoms with Crippen molar-refractivity contribution in [1.29, 1.82) is 0 Å². The van der Waals surface area contributed by atoms with Gasteiger partial charge in [0.1, 0.15) is 5.56 Å². The monoisotopic (exact) mass is 199 g/mol. The highest BCUT2D eigenvalue weighted by molar-refractivity contribution is 5.92. The summed E-state index contributed by atoms with van der Waals surface area (Å²) in [5.74, 6) is -1.16. The lowest BCUT2D eigenvalue weighted by molar-refractivity contribution is 0.0521. The first kappa shape index (κ1) is 10.4. The van der Waals surface area contributed by atoms with Gasteiger partial charge in [-0.25, -0.2) is 9.78 Å². The lowest BCUT2D eigenvalue weighted by Crippen LogP contribution is -2.07. The van der Waals surface area contributed by atoms with Crippen LogP contribution in [0, 0.1) is 5.95 Å². The second kappa shape index (κ2) is 4.55. The van der Waals surface area contributed by atoms with Crippen LogP contribution in [0.15, 0.2) is 12.3 Å². The van der Waals surface area contributed by atoms with Gasteiger partial charge in [-0.1, -0.05) is 0 Å². The Balaban J connectivity index is 3.03. The summed E-state index contributed by atoms with van der Waals surface area (Å²) >= 11 is 0. The van der Waals surface area contributed by atoms with Crippen molar-refractivity contribution in [2.24, 2.45) is 0 Å². The summed E-state index contributed by atoms with van der Waals surface area (Å²) in [6.45, 7) is 1.90. The maximum Gasteiger partial charge on any atom is 0.342 e. The Kier molecular flexibility index (Phi) is 3.39. The normalized spacial score (nSPS) is 9.64. The van der Waals surface area contributed by atoms with E-state index in [2.05, 4.69) is 4.98 Å². The predicted molar refractivity (Wildman–Crippen MR) is 46.7 cm³/mol. The highest BCUT2D eigenvalue weighted by atomic mass is 19.1. The molecule has 5 heteroatoms. The Morgan fingerprint density at radius 1 is 1.64 bits per heavy atom. The smallest absolute Gasteiger partial charge is 0.342 e. The van der Waals surface area contributed by atoms with Gasteiger partial charge in [0, 0.05) is 6.07 Å². The summed E-state index contributed by atoms with van der Waals surface area (Å²) in [6, 6.07) is 0.983. The molecule has 0 saturated heterocycles. The molecule has 0 saturated carbocycles. The third-order valence-corrected chi connectivity index (χ3v) is 1.55. The minimum Gasteiger partial charge on any atom is -0.494 e. The number of nitrogens with zero attached hydrogens (tertiary/aromatic N) is 1. The molecule has 0 aliphatic heterocycles. The average Bonchev–Trinajstić information content (AvgIpc) is 2.18. The maximum atomic E-state index is 12.7. The summed E-state index contributed by atoms with van der Waals surface area (Å²) in [5.41, 5.74) is 0.0434. The van der Waals surface area contributed by atoms with Crippen molar-refractivity contribution in [3.8, 4) is 5.75 Å². The third-order valence-electron chi connectivity index (χ3n) is 1.55. The van der Waals surface area contributed by atoms with Crippen molar-refractivity contribution in [2.45, 2.75) is 6.92 Å². The first-order valence-corrected chi connectivity index (χ1v) is 4.05. The topological polar surface area (TPSA) is 48.4 Å². The summed E-state index contributed by atoms with van der Waals surface area (Å²) in [7, 11) is 1.37. The van der Waals surface area contributed by atoms with Gasteiger partial charge in [-0.2, -0.15) is 4.39 Å². The fourth-order valence-electron chi connectivity index (χ4n) is 0.948. The summed E-state index contributed by atoms with van der Waals surface area (Å²) in [5, 5.41) is 0. The van der Waals surface area contributed by atoms with Crippen LogP contribution < -0.4 is 4.74 Å². The maximum absolute atomic E-state index is 12.7. The zero-order chi connectivity index (χ0) is 10.6. The fourth-order valence-corrected chi connectivity index (χ4v) is 0.948. The summed E-state index contributed by atoms with van der Waals surface area (Å²) < 4.78 is 22.3. The molecular formula is C9H10FNO3. The van der Waals surface area contributed by atoms with Crippen molar-refractivity contribution in [3.05, 3.63) is 23.8 Å². The van der Waals surface area contributed by atoms with Gasteiger partial charge in [-0.3, -0.25) is 0 Å². The molecule has 4 nitrogen and oxygen atoms in total. The van der Waals surface area contributed by atoms with E-state index in [-0.39, 0.29) is 17.9 Å². The van der Waals surface area contributed by atoms with Gasteiger partial charge in [0.15, 0.2) is 5.75 Å². The Morgan fingerprint density at radius 3 is 2.93 bits per heavy atom. The molecule has 76 valence electrons. The van der Waals surface area contributed by atoms with Crippen LogP contribution in [-0.4, -0.2) is 24.7 Å². The molecule has 0 bridgehead atoms. The van der Waals surface area contributed by atoms with Gasteiger partial charge >= 0.3 is 5.97 Å². The minimum absolute atomic E-state index is 0.0434. The lowest BCUT2D eigenvalue weighted by Gasteiger charge is -2.06. The molecule has 0 aliphatic carbocycles. The molecule has 1 aromatic rings. The van der Waals surface area contributed by atoms with Gasteiger partial charge in [0.05, 0.1) is 19.9 Å². The molecule has 0 fully saturated rings. The molecule has 0 aliphatic rings. The van der Waals surface area contributed by atoms with Crippen LogP contribution >= 0.6 is 0 Å². The Labute approximate surface area is 80.7 Å². The van der Waals surface area contributed by atoms with E-state index < -0.39 is 11.9 Å². The van der Waals surface area contributed by atoms with Gasteiger partial charge < -0.3 is 9.47 Å². The molecule has 0 N–H and O–H groups in total. The third kappa shape index (κ3) is 2.18.